The predicted molar refractivity (Wildman–Crippen MR) is 225 cm³/mol. The Morgan fingerprint density at radius 2 is 1.65 bits per heavy atom. The van der Waals surface area contributed by atoms with Crippen LogP contribution in [-0.2, 0) is 9.59 Å². The Labute approximate surface area is 347 Å². The van der Waals surface area contributed by atoms with E-state index in [1.54, 1.807) is 29.8 Å². The van der Waals surface area contributed by atoms with Crippen molar-refractivity contribution in [2.45, 2.75) is 96.2 Å². The fraction of sp³-hybridized carbons (Fsp3) is 0.477. The van der Waals surface area contributed by atoms with E-state index in [9.17, 15) is 28.8 Å². The zero-order chi connectivity index (χ0) is 41.7. The Balaban J connectivity index is 0.782. The van der Waals surface area contributed by atoms with E-state index in [1.165, 1.54) is 6.92 Å². The van der Waals surface area contributed by atoms with Gasteiger partial charge in [0.25, 0.3) is 17.4 Å². The molecule has 9 rings (SSSR count). The van der Waals surface area contributed by atoms with Gasteiger partial charge in [0.2, 0.25) is 17.8 Å². The number of rotatable bonds is 10. The number of hydrogen-bond acceptors (Lipinski definition) is 13. The summed E-state index contributed by atoms with van der Waals surface area (Å²) >= 11 is 0. The fourth-order valence-corrected chi connectivity index (χ4v) is 9.94. The second-order valence-corrected chi connectivity index (χ2v) is 17.0. The largest absolute Gasteiger partial charge is 0.381 e. The van der Waals surface area contributed by atoms with Crippen molar-refractivity contribution in [3.05, 3.63) is 75.3 Å². The van der Waals surface area contributed by atoms with Gasteiger partial charge in [0, 0.05) is 62.0 Å². The molecule has 1 aromatic carbocycles. The first-order valence-corrected chi connectivity index (χ1v) is 21.3. The molecule has 7 heterocycles. The minimum atomic E-state index is -0.983. The van der Waals surface area contributed by atoms with Gasteiger partial charge in [-0.1, -0.05) is 12.8 Å². The van der Waals surface area contributed by atoms with Crippen molar-refractivity contribution in [1.29, 1.82) is 0 Å². The van der Waals surface area contributed by atoms with Crippen LogP contribution in [0.15, 0.2) is 47.5 Å². The van der Waals surface area contributed by atoms with Crippen LogP contribution < -0.4 is 26.4 Å². The van der Waals surface area contributed by atoms with Gasteiger partial charge < -0.3 is 20.4 Å². The van der Waals surface area contributed by atoms with Crippen LogP contribution in [-0.4, -0.2) is 104 Å². The number of aryl methyl sites for hydroxylation is 1. The maximum atomic E-state index is 13.6. The maximum absolute atomic E-state index is 13.6. The highest BCUT2D eigenvalue weighted by molar-refractivity contribution is 6.23. The summed E-state index contributed by atoms with van der Waals surface area (Å²) in [4.78, 5) is 96.6. The second-order valence-electron chi connectivity index (χ2n) is 17.0. The molecule has 312 valence electrons. The molecule has 5 aliphatic rings. The number of amides is 4. The zero-order valence-electron chi connectivity index (χ0n) is 34.0. The van der Waals surface area contributed by atoms with Gasteiger partial charge in [-0.25, -0.2) is 9.97 Å². The standard InChI is InChI=1S/C44H50N10O6/c1-25-34-22-46-44(50-39(34)53(30-7-3-4-8-30)43(60)38(25)26(2)55)48-36-13-10-31(21-45-36)52-18-15-27(16-19-52)23-51-17-5-6-29(24-51)47-28-9-11-32-33(20-28)42(59)54(41(32)58)35-12-14-37(56)49-40(35)57/h9-11,13,20-22,27,29-30,35,47H,3-8,12,14-19,23-24H2,1-2H3,(H,49,56,57)(H,45,46,48,50)/t29-,35?/m0/s1. The average Bonchev–Trinajstić information content (AvgIpc) is 3.85. The summed E-state index contributed by atoms with van der Waals surface area (Å²) in [5.74, 6) is -0.747. The molecule has 60 heavy (non-hydrogen) atoms. The summed E-state index contributed by atoms with van der Waals surface area (Å²) in [6.07, 6.45) is 11.8. The summed E-state index contributed by atoms with van der Waals surface area (Å²) in [5.41, 5.74) is 3.47. The van der Waals surface area contributed by atoms with Crippen LogP contribution in [0.25, 0.3) is 11.0 Å². The lowest BCUT2D eigenvalue weighted by Crippen LogP contribution is -2.54. The smallest absolute Gasteiger partial charge is 0.263 e. The molecule has 0 spiro atoms. The van der Waals surface area contributed by atoms with Crippen molar-refractivity contribution in [1.82, 2.24) is 34.6 Å². The van der Waals surface area contributed by atoms with Gasteiger partial charge >= 0.3 is 0 Å². The van der Waals surface area contributed by atoms with Crippen molar-refractivity contribution in [3.63, 3.8) is 0 Å². The normalized spacial score (nSPS) is 21.8. The predicted octanol–water partition coefficient (Wildman–Crippen LogP) is 4.75. The molecule has 4 fully saturated rings. The SMILES string of the molecule is CC(=O)c1c(C)c2cnc(Nc3ccc(N4CCC(CN5CCC[C@H](Nc6ccc7c(c6)C(=O)N(C6CCC(=O)NC6=O)C7=O)C5)CC4)cn3)nc2n(C2CCCC2)c1=O. The summed E-state index contributed by atoms with van der Waals surface area (Å²) in [6.45, 7) is 8.02. The molecule has 4 aliphatic heterocycles. The molecular formula is C44H50N10O6. The number of piperidine rings is 3. The summed E-state index contributed by atoms with van der Waals surface area (Å²) < 4.78 is 1.71. The van der Waals surface area contributed by atoms with Crippen LogP contribution in [0.3, 0.4) is 0 Å². The molecule has 1 unspecified atom stereocenters. The summed E-state index contributed by atoms with van der Waals surface area (Å²) in [5, 5.41) is 9.77. The van der Waals surface area contributed by atoms with E-state index in [1.807, 2.05) is 18.3 Å². The molecule has 1 saturated carbocycles. The van der Waals surface area contributed by atoms with Gasteiger partial charge in [-0.05, 0) is 107 Å². The molecule has 0 bridgehead atoms. The minimum absolute atomic E-state index is 0.00552. The first-order valence-electron chi connectivity index (χ1n) is 21.3. The Hall–Kier alpha value is -6.03. The van der Waals surface area contributed by atoms with Crippen LogP contribution >= 0.6 is 0 Å². The molecular weight excluding hydrogens is 765 g/mol. The number of carbonyl (C=O) groups is 5. The molecule has 0 radical (unpaired) electrons. The van der Waals surface area contributed by atoms with Crippen molar-refractivity contribution >= 4 is 63.6 Å². The second kappa shape index (κ2) is 16.2. The first-order chi connectivity index (χ1) is 29.0. The highest BCUT2D eigenvalue weighted by Crippen LogP contribution is 2.33. The molecule has 3 N–H and O–H groups in total. The van der Waals surface area contributed by atoms with E-state index >= 15 is 0 Å². The van der Waals surface area contributed by atoms with Crippen LogP contribution in [0.2, 0.25) is 0 Å². The molecule has 1 aliphatic carbocycles. The van der Waals surface area contributed by atoms with Gasteiger partial charge in [0.05, 0.1) is 28.6 Å². The number of likely N-dealkylation sites (tertiary alicyclic amines) is 1. The number of aromatic nitrogens is 4. The van der Waals surface area contributed by atoms with Crippen molar-refractivity contribution in [2.24, 2.45) is 5.92 Å². The van der Waals surface area contributed by atoms with Gasteiger partial charge in [-0.15, -0.1) is 0 Å². The fourth-order valence-electron chi connectivity index (χ4n) is 9.94. The summed E-state index contributed by atoms with van der Waals surface area (Å²) in [7, 11) is 0. The first kappa shape index (κ1) is 39.4. The topological polar surface area (TPSA) is 192 Å². The monoisotopic (exact) mass is 814 g/mol. The van der Waals surface area contributed by atoms with E-state index in [2.05, 4.69) is 41.8 Å². The number of ketones is 1. The minimum Gasteiger partial charge on any atom is -0.381 e. The number of fused-ring (bicyclic) bond motifs is 2. The van der Waals surface area contributed by atoms with Gasteiger partial charge in [0.15, 0.2) is 5.78 Å². The highest BCUT2D eigenvalue weighted by Gasteiger charge is 2.44. The van der Waals surface area contributed by atoms with Crippen LogP contribution in [0.1, 0.15) is 114 Å². The van der Waals surface area contributed by atoms with E-state index in [-0.39, 0.29) is 53.0 Å². The third-order valence-corrected chi connectivity index (χ3v) is 13.1. The highest BCUT2D eigenvalue weighted by atomic mass is 16.2. The quantitative estimate of drug-likeness (QED) is 0.147. The van der Waals surface area contributed by atoms with Gasteiger partial charge in [-0.2, -0.15) is 4.98 Å². The van der Waals surface area contributed by atoms with Crippen molar-refractivity contribution in [2.75, 3.05) is 48.3 Å². The van der Waals surface area contributed by atoms with Crippen molar-refractivity contribution < 1.29 is 24.0 Å². The van der Waals surface area contributed by atoms with E-state index < -0.39 is 29.7 Å². The lowest BCUT2D eigenvalue weighted by Gasteiger charge is -2.39. The van der Waals surface area contributed by atoms with Crippen LogP contribution in [0.4, 0.5) is 23.1 Å². The number of benzene rings is 1. The number of imide groups is 2. The Morgan fingerprint density at radius 1 is 0.867 bits per heavy atom. The third-order valence-electron chi connectivity index (χ3n) is 13.1. The number of Topliss-reactive ketones (excluding diaryl/α,β-unsaturated/α-hetero) is 1. The molecule has 4 aromatic rings. The third kappa shape index (κ3) is 7.52. The zero-order valence-corrected chi connectivity index (χ0v) is 34.0. The maximum Gasteiger partial charge on any atom is 0.263 e. The number of hydrogen-bond donors (Lipinski definition) is 3. The Bertz CT molecular complexity index is 2450. The molecule has 3 saturated heterocycles. The number of anilines is 4. The van der Waals surface area contributed by atoms with Gasteiger partial charge in [0.1, 0.15) is 17.5 Å². The summed E-state index contributed by atoms with van der Waals surface area (Å²) in [6, 6.07) is 8.39. The lowest BCUT2D eigenvalue weighted by atomic mass is 9.94. The van der Waals surface area contributed by atoms with Gasteiger partial charge in [-0.3, -0.25) is 43.6 Å². The van der Waals surface area contributed by atoms with E-state index in [4.69, 9.17) is 4.98 Å². The number of pyridine rings is 2. The molecule has 4 amide bonds. The van der Waals surface area contributed by atoms with Crippen LogP contribution in [0.5, 0.6) is 0 Å². The molecule has 3 aromatic heterocycles. The molecule has 16 nitrogen and oxygen atoms in total. The number of nitrogens with zero attached hydrogens (tertiary/aromatic N) is 7. The average molecular weight is 815 g/mol. The van der Waals surface area contributed by atoms with E-state index in [0.717, 1.165) is 100 Å². The lowest BCUT2D eigenvalue weighted by molar-refractivity contribution is -0.136. The Kier molecular flexibility index (Phi) is 10.6. The molecule has 2 atom stereocenters. The Morgan fingerprint density at radius 3 is 2.38 bits per heavy atom. The van der Waals surface area contributed by atoms with Crippen molar-refractivity contribution in [3.8, 4) is 0 Å². The van der Waals surface area contributed by atoms with E-state index in [0.29, 0.717) is 34.3 Å². The number of carbonyl (C=O) groups excluding carboxylic acids is 5. The molecule has 16 heteroatoms. The van der Waals surface area contributed by atoms with Crippen LogP contribution in [0, 0.1) is 12.8 Å². The number of nitrogens with one attached hydrogen (secondary N) is 3.